The summed E-state index contributed by atoms with van der Waals surface area (Å²) in [5.74, 6) is 0.415. The SMILES string of the molecule is CCCS(=O)(=O)c1ccc2c(c1)NC(=O)C(C(C)C)O2. The highest BCUT2D eigenvalue weighted by molar-refractivity contribution is 7.91. The molecule has 20 heavy (non-hydrogen) atoms. The van der Waals surface area contributed by atoms with Crippen LogP contribution in [0.25, 0.3) is 0 Å². The summed E-state index contributed by atoms with van der Waals surface area (Å²) in [6, 6.07) is 4.60. The molecular formula is C14H19NO4S. The number of carbonyl (C=O) groups excluding carboxylic acids is 1. The zero-order chi connectivity index (χ0) is 14.9. The molecule has 0 saturated carbocycles. The fraction of sp³-hybridized carbons (Fsp3) is 0.500. The molecule has 0 aromatic heterocycles. The van der Waals surface area contributed by atoms with Crippen LogP contribution in [0.2, 0.25) is 0 Å². The summed E-state index contributed by atoms with van der Waals surface area (Å²) in [7, 11) is -3.30. The fourth-order valence-electron chi connectivity index (χ4n) is 2.12. The van der Waals surface area contributed by atoms with E-state index in [1.54, 1.807) is 6.07 Å². The average Bonchev–Trinajstić information content (AvgIpc) is 2.36. The van der Waals surface area contributed by atoms with E-state index in [9.17, 15) is 13.2 Å². The van der Waals surface area contributed by atoms with Crippen molar-refractivity contribution in [2.24, 2.45) is 5.92 Å². The van der Waals surface area contributed by atoms with Crippen LogP contribution in [-0.2, 0) is 14.6 Å². The van der Waals surface area contributed by atoms with E-state index in [4.69, 9.17) is 4.74 Å². The third-order valence-corrected chi connectivity index (χ3v) is 5.08. The minimum atomic E-state index is -3.30. The highest BCUT2D eigenvalue weighted by atomic mass is 32.2. The highest BCUT2D eigenvalue weighted by Gasteiger charge is 2.30. The number of sulfone groups is 1. The first-order valence-electron chi connectivity index (χ1n) is 6.69. The van der Waals surface area contributed by atoms with Gasteiger partial charge in [0.2, 0.25) is 0 Å². The topological polar surface area (TPSA) is 72.5 Å². The lowest BCUT2D eigenvalue weighted by molar-refractivity contribution is -0.125. The van der Waals surface area contributed by atoms with E-state index in [0.29, 0.717) is 17.9 Å². The van der Waals surface area contributed by atoms with Crippen molar-refractivity contribution in [3.8, 4) is 5.75 Å². The maximum absolute atomic E-state index is 12.0. The average molecular weight is 297 g/mol. The molecule has 0 radical (unpaired) electrons. The van der Waals surface area contributed by atoms with Crippen LogP contribution >= 0.6 is 0 Å². The number of benzene rings is 1. The van der Waals surface area contributed by atoms with Crippen LogP contribution < -0.4 is 10.1 Å². The van der Waals surface area contributed by atoms with E-state index in [-0.39, 0.29) is 22.5 Å². The largest absolute Gasteiger partial charge is 0.478 e. The Morgan fingerprint density at radius 2 is 2.05 bits per heavy atom. The van der Waals surface area contributed by atoms with Crippen LogP contribution in [0.5, 0.6) is 5.75 Å². The number of carbonyl (C=O) groups is 1. The summed E-state index contributed by atoms with van der Waals surface area (Å²) < 4.78 is 29.7. The van der Waals surface area contributed by atoms with Crippen molar-refractivity contribution in [3.63, 3.8) is 0 Å². The number of fused-ring (bicyclic) bond motifs is 1. The van der Waals surface area contributed by atoms with Crippen LogP contribution in [-0.4, -0.2) is 26.2 Å². The number of ether oxygens (including phenoxy) is 1. The number of rotatable bonds is 4. The normalized spacial score (nSPS) is 18.4. The smallest absolute Gasteiger partial charge is 0.265 e. The van der Waals surface area contributed by atoms with Crippen molar-refractivity contribution in [1.29, 1.82) is 0 Å². The number of hydrogen-bond acceptors (Lipinski definition) is 4. The van der Waals surface area contributed by atoms with Crippen LogP contribution in [0.4, 0.5) is 5.69 Å². The molecule has 6 heteroatoms. The van der Waals surface area contributed by atoms with Crippen molar-refractivity contribution in [3.05, 3.63) is 18.2 Å². The molecule has 1 aliphatic rings. The Kier molecular flexibility index (Phi) is 4.04. The van der Waals surface area contributed by atoms with Crippen molar-refractivity contribution >= 4 is 21.4 Å². The van der Waals surface area contributed by atoms with Crippen LogP contribution in [0.15, 0.2) is 23.1 Å². The van der Waals surface area contributed by atoms with Crippen molar-refractivity contribution < 1.29 is 17.9 Å². The van der Waals surface area contributed by atoms with Gasteiger partial charge in [-0.2, -0.15) is 0 Å². The summed E-state index contributed by atoms with van der Waals surface area (Å²) in [6.45, 7) is 5.61. The molecule has 1 aromatic rings. The standard InChI is InChI=1S/C14H19NO4S/c1-4-7-20(17,18)10-5-6-12-11(8-10)15-14(16)13(19-12)9(2)3/h5-6,8-9,13H,4,7H2,1-3H3,(H,15,16). The number of anilines is 1. The molecule has 0 fully saturated rings. The third kappa shape index (κ3) is 2.80. The Morgan fingerprint density at radius 1 is 1.35 bits per heavy atom. The second-order valence-corrected chi connectivity index (χ2v) is 7.36. The number of amides is 1. The molecule has 110 valence electrons. The van der Waals surface area contributed by atoms with Crippen molar-refractivity contribution in [2.45, 2.75) is 38.2 Å². The van der Waals surface area contributed by atoms with Gasteiger partial charge >= 0.3 is 0 Å². The maximum atomic E-state index is 12.0. The monoisotopic (exact) mass is 297 g/mol. The first-order valence-corrected chi connectivity index (χ1v) is 8.34. The lowest BCUT2D eigenvalue weighted by Crippen LogP contribution is -2.40. The van der Waals surface area contributed by atoms with Gasteiger partial charge in [0, 0.05) is 0 Å². The van der Waals surface area contributed by atoms with E-state index >= 15 is 0 Å². The van der Waals surface area contributed by atoms with Gasteiger partial charge in [0.15, 0.2) is 15.9 Å². The minimum absolute atomic E-state index is 0.0478. The second-order valence-electron chi connectivity index (χ2n) is 5.25. The molecule has 0 spiro atoms. The molecule has 0 bridgehead atoms. The van der Waals surface area contributed by atoms with Gasteiger partial charge in [0.25, 0.3) is 5.91 Å². The molecular weight excluding hydrogens is 278 g/mol. The van der Waals surface area contributed by atoms with E-state index < -0.39 is 15.9 Å². The van der Waals surface area contributed by atoms with E-state index in [2.05, 4.69) is 5.32 Å². The molecule has 1 atom stereocenters. The zero-order valence-corrected chi connectivity index (χ0v) is 12.7. The molecule has 1 unspecified atom stereocenters. The summed E-state index contributed by atoms with van der Waals surface area (Å²) in [6.07, 6.45) is 0.0122. The van der Waals surface area contributed by atoms with Gasteiger partial charge in [-0.25, -0.2) is 8.42 Å². The lowest BCUT2D eigenvalue weighted by Gasteiger charge is -2.28. The third-order valence-electron chi connectivity index (χ3n) is 3.16. The molecule has 0 aliphatic carbocycles. The molecule has 1 amide bonds. The van der Waals surface area contributed by atoms with Gasteiger partial charge in [0.05, 0.1) is 16.3 Å². The summed E-state index contributed by atoms with van der Waals surface area (Å²) in [4.78, 5) is 12.1. The Balaban J connectivity index is 2.35. The van der Waals surface area contributed by atoms with Crippen molar-refractivity contribution in [2.75, 3.05) is 11.1 Å². The molecule has 0 saturated heterocycles. The van der Waals surface area contributed by atoms with Crippen LogP contribution in [0.3, 0.4) is 0 Å². The second kappa shape index (κ2) is 5.44. The van der Waals surface area contributed by atoms with Gasteiger partial charge < -0.3 is 10.1 Å². The van der Waals surface area contributed by atoms with Gasteiger partial charge in [-0.15, -0.1) is 0 Å². The molecule has 1 aliphatic heterocycles. The van der Waals surface area contributed by atoms with E-state index in [1.165, 1.54) is 12.1 Å². The van der Waals surface area contributed by atoms with E-state index in [1.807, 2.05) is 20.8 Å². The first-order chi connectivity index (χ1) is 9.35. The van der Waals surface area contributed by atoms with Gasteiger partial charge in [0.1, 0.15) is 5.75 Å². The Morgan fingerprint density at radius 3 is 2.65 bits per heavy atom. The summed E-state index contributed by atoms with van der Waals surface area (Å²) in [5.41, 5.74) is 0.420. The quantitative estimate of drug-likeness (QED) is 0.925. The van der Waals surface area contributed by atoms with Crippen LogP contribution in [0, 0.1) is 5.92 Å². The molecule has 1 heterocycles. The van der Waals surface area contributed by atoms with Crippen LogP contribution in [0.1, 0.15) is 27.2 Å². The maximum Gasteiger partial charge on any atom is 0.265 e. The Labute approximate surface area is 119 Å². The molecule has 2 rings (SSSR count). The predicted octanol–water partition coefficient (Wildman–Crippen LogP) is 2.23. The Hall–Kier alpha value is -1.56. The van der Waals surface area contributed by atoms with Gasteiger partial charge in [-0.05, 0) is 30.5 Å². The molecule has 1 aromatic carbocycles. The lowest BCUT2D eigenvalue weighted by atomic mass is 10.0. The first kappa shape index (κ1) is 14.8. The van der Waals surface area contributed by atoms with Gasteiger partial charge in [-0.3, -0.25) is 4.79 Å². The number of nitrogens with one attached hydrogen (secondary N) is 1. The van der Waals surface area contributed by atoms with Crippen molar-refractivity contribution in [1.82, 2.24) is 0 Å². The summed E-state index contributed by atoms with van der Waals surface area (Å²) >= 11 is 0. The predicted molar refractivity (Wildman–Crippen MR) is 76.7 cm³/mol. The summed E-state index contributed by atoms with van der Waals surface area (Å²) in [5, 5.41) is 2.72. The zero-order valence-electron chi connectivity index (χ0n) is 11.8. The number of hydrogen-bond donors (Lipinski definition) is 1. The molecule has 5 nitrogen and oxygen atoms in total. The Bertz CT molecular complexity index is 622. The van der Waals surface area contributed by atoms with Gasteiger partial charge in [-0.1, -0.05) is 20.8 Å². The molecule has 1 N–H and O–H groups in total. The van der Waals surface area contributed by atoms with E-state index in [0.717, 1.165) is 0 Å². The fourth-order valence-corrected chi connectivity index (χ4v) is 3.47. The minimum Gasteiger partial charge on any atom is -0.478 e. The highest BCUT2D eigenvalue weighted by Crippen LogP contribution is 2.33.